The molecule has 0 bridgehead atoms. The fourth-order valence-electron chi connectivity index (χ4n) is 1.81. The van der Waals surface area contributed by atoms with Crippen molar-refractivity contribution in [2.24, 2.45) is 4.99 Å². The van der Waals surface area contributed by atoms with Crippen LogP contribution in [0.25, 0.3) is 0 Å². The fraction of sp³-hybridized carbons (Fsp3) is 0.467. The molecule has 1 aromatic carbocycles. The molecule has 0 heterocycles. The molecule has 130 valence electrons. The van der Waals surface area contributed by atoms with Gasteiger partial charge in [-0.05, 0) is 24.6 Å². The van der Waals surface area contributed by atoms with E-state index in [0.717, 1.165) is 18.1 Å². The molecule has 5 nitrogen and oxygen atoms in total. The Labute approximate surface area is 164 Å². The number of nitrogens with one attached hydrogen (secondary N) is 1. The molecule has 0 spiro atoms. The molecule has 0 radical (unpaired) electrons. The van der Waals surface area contributed by atoms with E-state index in [1.807, 2.05) is 31.0 Å². The zero-order valence-electron chi connectivity index (χ0n) is 13.4. The number of nitrogens with zero attached hydrogens (tertiary/aromatic N) is 2. The molecule has 1 N–H and O–H groups in total. The molecule has 1 rings (SSSR count). The van der Waals surface area contributed by atoms with Gasteiger partial charge < -0.3 is 15.0 Å². The van der Waals surface area contributed by atoms with Crippen LogP contribution in [0.4, 0.5) is 0 Å². The summed E-state index contributed by atoms with van der Waals surface area (Å²) < 4.78 is 4.60. The third-order valence-corrected chi connectivity index (χ3v) is 3.64. The average Bonchev–Trinajstić information content (AvgIpc) is 2.49. The number of halogens is 3. The van der Waals surface area contributed by atoms with Gasteiger partial charge in [-0.15, -0.1) is 24.0 Å². The summed E-state index contributed by atoms with van der Waals surface area (Å²) in [6.45, 7) is 3.73. The Hall–Kier alpha value is -0.730. The van der Waals surface area contributed by atoms with Crippen LogP contribution < -0.4 is 5.32 Å². The Bertz CT molecular complexity index is 541. The van der Waals surface area contributed by atoms with Crippen LogP contribution in [0.1, 0.15) is 18.9 Å². The lowest BCUT2D eigenvalue weighted by Crippen LogP contribution is -2.38. The molecule has 0 aromatic heterocycles. The molecular formula is C15H22Cl2IN3O2. The predicted octanol–water partition coefficient (Wildman–Crippen LogP) is 3.57. The Morgan fingerprint density at radius 3 is 2.61 bits per heavy atom. The second-order valence-corrected chi connectivity index (χ2v) is 5.48. The molecule has 0 aliphatic rings. The Morgan fingerprint density at radius 1 is 1.35 bits per heavy atom. The van der Waals surface area contributed by atoms with E-state index in [-0.39, 0.29) is 36.4 Å². The van der Waals surface area contributed by atoms with Crippen molar-refractivity contribution in [2.45, 2.75) is 19.9 Å². The number of benzene rings is 1. The summed E-state index contributed by atoms with van der Waals surface area (Å²) in [5.74, 6) is 0.448. The van der Waals surface area contributed by atoms with E-state index < -0.39 is 0 Å². The van der Waals surface area contributed by atoms with E-state index in [9.17, 15) is 4.79 Å². The van der Waals surface area contributed by atoms with Crippen LogP contribution in [0.2, 0.25) is 10.0 Å². The maximum Gasteiger partial charge on any atom is 0.307 e. The van der Waals surface area contributed by atoms with Gasteiger partial charge in [-0.1, -0.05) is 29.3 Å². The van der Waals surface area contributed by atoms with E-state index in [4.69, 9.17) is 23.2 Å². The molecule has 0 unspecified atom stereocenters. The first-order valence-electron chi connectivity index (χ1n) is 6.98. The van der Waals surface area contributed by atoms with Gasteiger partial charge in [0.1, 0.15) is 0 Å². The minimum Gasteiger partial charge on any atom is -0.469 e. The van der Waals surface area contributed by atoms with Gasteiger partial charge in [0.25, 0.3) is 0 Å². The summed E-state index contributed by atoms with van der Waals surface area (Å²) in [5.41, 5.74) is 1.02. The van der Waals surface area contributed by atoms with Crippen molar-refractivity contribution in [3.05, 3.63) is 33.8 Å². The van der Waals surface area contributed by atoms with Crippen LogP contribution in [0.15, 0.2) is 23.2 Å². The lowest BCUT2D eigenvalue weighted by molar-refractivity contribution is -0.140. The average molecular weight is 474 g/mol. The third kappa shape index (κ3) is 8.08. The SMILES string of the molecule is CCNC(=NCCC(=O)OC)N(C)Cc1ccc(Cl)c(Cl)c1.I. The van der Waals surface area contributed by atoms with Crippen molar-refractivity contribution < 1.29 is 9.53 Å². The third-order valence-electron chi connectivity index (χ3n) is 2.91. The lowest BCUT2D eigenvalue weighted by atomic mass is 10.2. The first-order valence-corrected chi connectivity index (χ1v) is 7.73. The van der Waals surface area contributed by atoms with Gasteiger partial charge in [-0.2, -0.15) is 0 Å². The van der Waals surface area contributed by atoms with E-state index in [1.165, 1.54) is 7.11 Å². The summed E-state index contributed by atoms with van der Waals surface area (Å²) >= 11 is 11.9. The molecule has 8 heteroatoms. The van der Waals surface area contributed by atoms with Crippen molar-refractivity contribution in [1.82, 2.24) is 10.2 Å². The van der Waals surface area contributed by atoms with Crippen LogP contribution in [0.5, 0.6) is 0 Å². The monoisotopic (exact) mass is 473 g/mol. The van der Waals surface area contributed by atoms with Gasteiger partial charge in [-0.25, -0.2) is 0 Å². The zero-order chi connectivity index (χ0) is 16.5. The van der Waals surface area contributed by atoms with Crippen LogP contribution in [-0.2, 0) is 16.1 Å². The number of rotatable bonds is 6. The van der Waals surface area contributed by atoms with E-state index in [0.29, 0.717) is 23.1 Å². The van der Waals surface area contributed by atoms with Crippen molar-refractivity contribution in [3.63, 3.8) is 0 Å². The second-order valence-electron chi connectivity index (χ2n) is 4.67. The molecule has 0 aliphatic carbocycles. The number of hydrogen-bond donors (Lipinski definition) is 1. The van der Waals surface area contributed by atoms with E-state index in [1.54, 1.807) is 6.07 Å². The predicted molar refractivity (Wildman–Crippen MR) is 106 cm³/mol. The van der Waals surface area contributed by atoms with Gasteiger partial charge in [0.05, 0.1) is 30.1 Å². The Kier molecular flexibility index (Phi) is 11.4. The first-order chi connectivity index (χ1) is 10.5. The number of hydrogen-bond acceptors (Lipinski definition) is 3. The molecule has 1 aromatic rings. The van der Waals surface area contributed by atoms with Crippen LogP contribution in [-0.4, -0.2) is 44.1 Å². The summed E-state index contributed by atoms with van der Waals surface area (Å²) in [7, 11) is 3.29. The minimum atomic E-state index is -0.272. The Balaban J connectivity index is 0.00000484. The highest BCUT2D eigenvalue weighted by Gasteiger charge is 2.08. The first kappa shape index (κ1) is 22.3. The number of carbonyl (C=O) groups is 1. The van der Waals surface area contributed by atoms with Gasteiger partial charge in [0.15, 0.2) is 5.96 Å². The quantitative estimate of drug-likeness (QED) is 0.297. The lowest BCUT2D eigenvalue weighted by Gasteiger charge is -2.22. The van der Waals surface area contributed by atoms with Crippen LogP contribution in [0, 0.1) is 0 Å². The maximum atomic E-state index is 11.1. The zero-order valence-corrected chi connectivity index (χ0v) is 17.3. The number of aliphatic imine (C=N–C) groups is 1. The smallest absolute Gasteiger partial charge is 0.307 e. The second kappa shape index (κ2) is 11.8. The molecule has 0 amide bonds. The summed E-state index contributed by atoms with van der Waals surface area (Å²) in [6, 6.07) is 5.52. The van der Waals surface area contributed by atoms with E-state index in [2.05, 4.69) is 15.0 Å². The van der Waals surface area contributed by atoms with Crippen LogP contribution in [0.3, 0.4) is 0 Å². The van der Waals surface area contributed by atoms with Crippen molar-refractivity contribution >= 4 is 59.1 Å². The maximum absolute atomic E-state index is 11.1. The number of ether oxygens (including phenoxy) is 1. The summed E-state index contributed by atoms with van der Waals surface area (Å²) in [4.78, 5) is 17.5. The highest BCUT2D eigenvalue weighted by Crippen LogP contribution is 2.23. The molecule has 0 atom stereocenters. The van der Waals surface area contributed by atoms with Gasteiger partial charge in [0, 0.05) is 20.1 Å². The van der Waals surface area contributed by atoms with Gasteiger partial charge in [0.2, 0.25) is 0 Å². The molecule has 0 saturated carbocycles. The van der Waals surface area contributed by atoms with Gasteiger partial charge in [-0.3, -0.25) is 9.79 Å². The van der Waals surface area contributed by atoms with Crippen molar-refractivity contribution in [1.29, 1.82) is 0 Å². The standard InChI is InChI=1S/C15H21Cl2N3O2.HI/c1-4-18-15(19-8-7-14(21)22-3)20(2)10-11-5-6-12(16)13(17)9-11;/h5-6,9H,4,7-8,10H2,1-3H3,(H,18,19);1H. The highest BCUT2D eigenvalue weighted by molar-refractivity contribution is 14.0. The number of esters is 1. The minimum absolute atomic E-state index is 0. The van der Waals surface area contributed by atoms with Crippen LogP contribution >= 0.6 is 47.2 Å². The molecule has 0 fully saturated rings. The highest BCUT2D eigenvalue weighted by atomic mass is 127. The summed E-state index contributed by atoms with van der Waals surface area (Å²) in [6.07, 6.45) is 0.256. The Morgan fingerprint density at radius 2 is 2.04 bits per heavy atom. The number of guanidine groups is 1. The topological polar surface area (TPSA) is 53.9 Å². The fourth-order valence-corrected chi connectivity index (χ4v) is 2.13. The number of methoxy groups -OCH3 is 1. The molecule has 0 aliphatic heterocycles. The van der Waals surface area contributed by atoms with Crippen molar-refractivity contribution in [2.75, 3.05) is 27.2 Å². The normalized spacial score (nSPS) is 10.7. The van der Waals surface area contributed by atoms with Gasteiger partial charge >= 0.3 is 5.97 Å². The van der Waals surface area contributed by atoms with E-state index >= 15 is 0 Å². The molecular weight excluding hydrogens is 452 g/mol. The van der Waals surface area contributed by atoms with Crippen molar-refractivity contribution in [3.8, 4) is 0 Å². The molecule has 0 saturated heterocycles. The molecule has 23 heavy (non-hydrogen) atoms. The number of carbonyl (C=O) groups excluding carboxylic acids is 1. The summed E-state index contributed by atoms with van der Waals surface area (Å²) in [5, 5.41) is 4.25. The largest absolute Gasteiger partial charge is 0.469 e.